The molecule has 0 N–H and O–H groups in total. The van der Waals surface area contributed by atoms with E-state index in [1.54, 1.807) is 14.2 Å². The van der Waals surface area contributed by atoms with E-state index in [1.165, 1.54) is 37.0 Å². The van der Waals surface area contributed by atoms with Gasteiger partial charge in [-0.2, -0.15) is 0 Å². The molecular formula is C22H21IO2. The quantitative estimate of drug-likeness (QED) is 0.440. The van der Waals surface area contributed by atoms with E-state index in [0.717, 1.165) is 0 Å². The van der Waals surface area contributed by atoms with E-state index in [2.05, 4.69) is 89.3 Å². The van der Waals surface area contributed by atoms with Crippen molar-refractivity contribution in [2.75, 3.05) is 14.2 Å². The Labute approximate surface area is 162 Å². The molecule has 0 heterocycles. The van der Waals surface area contributed by atoms with Crippen molar-refractivity contribution in [2.24, 2.45) is 0 Å². The number of benzene rings is 3. The molecule has 0 saturated heterocycles. The fourth-order valence-corrected chi connectivity index (χ4v) is 3.85. The van der Waals surface area contributed by atoms with Crippen LogP contribution in [0, 0.1) is 3.57 Å². The molecule has 3 heteroatoms. The molecule has 0 radical (unpaired) electrons. The van der Waals surface area contributed by atoms with Crippen molar-refractivity contribution in [1.29, 1.82) is 0 Å². The monoisotopic (exact) mass is 444 g/mol. The average molecular weight is 444 g/mol. The maximum absolute atomic E-state index is 5.19. The first-order chi connectivity index (χ1) is 12.2. The lowest BCUT2D eigenvalue weighted by molar-refractivity contribution is 0.185. The summed E-state index contributed by atoms with van der Waals surface area (Å²) < 4.78 is 11.6. The minimum atomic E-state index is 0.644. The van der Waals surface area contributed by atoms with E-state index >= 15 is 0 Å². The fraction of sp³-hybridized carbons (Fsp3) is 0.182. The van der Waals surface area contributed by atoms with E-state index < -0.39 is 0 Å². The first-order valence-electron chi connectivity index (χ1n) is 8.18. The van der Waals surface area contributed by atoms with Crippen LogP contribution < -0.4 is 0 Å². The zero-order chi connectivity index (χ0) is 17.6. The predicted molar refractivity (Wildman–Crippen MR) is 111 cm³/mol. The van der Waals surface area contributed by atoms with Crippen LogP contribution in [0.15, 0.2) is 66.7 Å². The Bertz CT molecular complexity index is 756. The molecule has 0 fully saturated rings. The number of ether oxygens (including phenoxy) is 2. The summed E-state index contributed by atoms with van der Waals surface area (Å²) in [5.41, 5.74) is 7.33. The minimum Gasteiger partial charge on any atom is -0.380 e. The molecule has 0 aromatic heterocycles. The molecule has 0 bridgehead atoms. The Morgan fingerprint density at radius 2 is 1.04 bits per heavy atom. The van der Waals surface area contributed by atoms with Gasteiger partial charge in [-0.1, -0.05) is 66.7 Å². The van der Waals surface area contributed by atoms with Crippen molar-refractivity contribution in [3.63, 3.8) is 0 Å². The van der Waals surface area contributed by atoms with Gasteiger partial charge < -0.3 is 9.47 Å². The molecule has 3 aromatic rings. The molecule has 0 aliphatic heterocycles. The minimum absolute atomic E-state index is 0.644. The van der Waals surface area contributed by atoms with Crippen LogP contribution in [0.25, 0.3) is 22.3 Å². The number of hydrogen-bond donors (Lipinski definition) is 0. The predicted octanol–water partition coefficient (Wildman–Crippen LogP) is 5.92. The van der Waals surface area contributed by atoms with Gasteiger partial charge in [0, 0.05) is 17.8 Å². The third kappa shape index (κ3) is 4.29. The third-order valence-electron chi connectivity index (χ3n) is 4.15. The summed E-state index contributed by atoms with van der Waals surface area (Å²) in [7, 11) is 3.44. The van der Waals surface area contributed by atoms with Crippen molar-refractivity contribution in [2.45, 2.75) is 13.2 Å². The number of rotatable bonds is 6. The van der Waals surface area contributed by atoms with Gasteiger partial charge in [-0.15, -0.1) is 0 Å². The smallest absolute Gasteiger partial charge is 0.0713 e. The molecule has 2 nitrogen and oxygen atoms in total. The van der Waals surface area contributed by atoms with E-state index in [1.807, 2.05) is 0 Å². The van der Waals surface area contributed by atoms with Crippen LogP contribution in [0.5, 0.6) is 0 Å². The zero-order valence-corrected chi connectivity index (χ0v) is 16.6. The van der Waals surface area contributed by atoms with Gasteiger partial charge in [0.15, 0.2) is 0 Å². The molecule has 0 atom stereocenters. The highest BCUT2D eigenvalue weighted by molar-refractivity contribution is 14.1. The normalized spacial score (nSPS) is 10.8. The molecule has 3 rings (SSSR count). The summed E-state index contributed by atoms with van der Waals surface area (Å²) in [5, 5.41) is 0. The zero-order valence-electron chi connectivity index (χ0n) is 14.5. The summed E-state index contributed by atoms with van der Waals surface area (Å²) in [6.07, 6.45) is 0. The maximum atomic E-state index is 5.19. The molecule has 25 heavy (non-hydrogen) atoms. The van der Waals surface area contributed by atoms with Gasteiger partial charge in [0.1, 0.15) is 0 Å². The van der Waals surface area contributed by atoms with Gasteiger partial charge in [-0.25, -0.2) is 0 Å². The van der Waals surface area contributed by atoms with E-state index in [4.69, 9.17) is 9.47 Å². The molecular weight excluding hydrogens is 423 g/mol. The van der Waals surface area contributed by atoms with Crippen molar-refractivity contribution in [3.8, 4) is 22.3 Å². The highest BCUT2D eigenvalue weighted by Gasteiger charge is 2.09. The second-order valence-corrected chi connectivity index (χ2v) is 7.01. The second kappa shape index (κ2) is 8.61. The first-order valence-corrected chi connectivity index (χ1v) is 9.26. The van der Waals surface area contributed by atoms with E-state index in [9.17, 15) is 0 Å². The van der Waals surface area contributed by atoms with Crippen LogP contribution in [0.3, 0.4) is 0 Å². The van der Waals surface area contributed by atoms with Crippen LogP contribution in [0.1, 0.15) is 11.1 Å². The average Bonchev–Trinajstić information content (AvgIpc) is 2.64. The fourth-order valence-electron chi connectivity index (χ4n) is 2.87. The number of methoxy groups -OCH3 is 2. The molecule has 0 spiro atoms. The van der Waals surface area contributed by atoms with Crippen molar-refractivity contribution >= 4 is 22.6 Å². The number of hydrogen-bond acceptors (Lipinski definition) is 2. The molecule has 0 saturated carbocycles. The van der Waals surface area contributed by atoms with Crippen LogP contribution >= 0.6 is 22.6 Å². The number of halogens is 1. The molecule has 128 valence electrons. The van der Waals surface area contributed by atoms with Gasteiger partial charge >= 0.3 is 0 Å². The van der Waals surface area contributed by atoms with Gasteiger partial charge in [0.2, 0.25) is 0 Å². The Morgan fingerprint density at radius 3 is 1.40 bits per heavy atom. The summed E-state index contributed by atoms with van der Waals surface area (Å²) in [5.74, 6) is 0. The van der Waals surface area contributed by atoms with Crippen LogP contribution in [0.4, 0.5) is 0 Å². The van der Waals surface area contributed by atoms with Gasteiger partial charge in [0.05, 0.1) is 13.2 Å². The van der Waals surface area contributed by atoms with Crippen molar-refractivity contribution in [1.82, 2.24) is 0 Å². The summed E-state index contributed by atoms with van der Waals surface area (Å²) in [6, 6.07) is 23.6. The van der Waals surface area contributed by atoms with Crippen molar-refractivity contribution in [3.05, 3.63) is 81.4 Å². The first kappa shape index (κ1) is 18.1. The Morgan fingerprint density at radius 1 is 0.640 bits per heavy atom. The summed E-state index contributed by atoms with van der Waals surface area (Å²) in [4.78, 5) is 0. The summed E-state index contributed by atoms with van der Waals surface area (Å²) >= 11 is 2.45. The van der Waals surface area contributed by atoms with Gasteiger partial charge in [0.25, 0.3) is 0 Å². The molecule has 0 amide bonds. The topological polar surface area (TPSA) is 18.5 Å². The highest BCUT2D eigenvalue weighted by Crippen LogP contribution is 2.33. The molecule has 0 aliphatic carbocycles. The van der Waals surface area contributed by atoms with Gasteiger partial charge in [-0.05, 0) is 56.0 Å². The third-order valence-corrected chi connectivity index (χ3v) is 5.31. The molecule has 0 unspecified atom stereocenters. The van der Waals surface area contributed by atoms with Crippen LogP contribution in [-0.2, 0) is 22.7 Å². The van der Waals surface area contributed by atoms with Crippen LogP contribution in [0.2, 0.25) is 0 Å². The lowest BCUT2D eigenvalue weighted by atomic mass is 9.98. The lowest BCUT2D eigenvalue weighted by Crippen LogP contribution is -1.91. The second-order valence-electron chi connectivity index (χ2n) is 5.93. The largest absolute Gasteiger partial charge is 0.380 e. The highest BCUT2D eigenvalue weighted by atomic mass is 127. The van der Waals surface area contributed by atoms with Gasteiger partial charge in [-0.3, -0.25) is 0 Å². The lowest BCUT2D eigenvalue weighted by Gasteiger charge is -2.12. The summed E-state index contributed by atoms with van der Waals surface area (Å²) in [6.45, 7) is 1.29. The molecule has 0 aliphatic rings. The Balaban J connectivity index is 1.94. The van der Waals surface area contributed by atoms with Crippen molar-refractivity contribution < 1.29 is 9.47 Å². The van der Waals surface area contributed by atoms with E-state index in [-0.39, 0.29) is 0 Å². The van der Waals surface area contributed by atoms with E-state index in [0.29, 0.717) is 13.2 Å². The Kier molecular flexibility index (Phi) is 6.24. The van der Waals surface area contributed by atoms with Crippen LogP contribution in [-0.4, -0.2) is 14.2 Å². The Hall–Kier alpha value is -1.69. The standard InChI is InChI=1S/C22H21IO2/c1-24-14-16-6-10-18(11-7-16)20-4-3-5-21(22(20)23)19-12-8-17(9-13-19)15-25-2/h3-13H,14-15H2,1-2H3. The molecule has 3 aromatic carbocycles. The maximum Gasteiger partial charge on any atom is 0.0713 e. The SMILES string of the molecule is COCc1ccc(-c2cccc(-c3ccc(COC)cc3)c2I)cc1.